The molecule has 0 aliphatic heterocycles. The molecule has 0 spiro atoms. The van der Waals surface area contributed by atoms with E-state index in [4.69, 9.17) is 11.6 Å². The summed E-state index contributed by atoms with van der Waals surface area (Å²) in [6, 6.07) is 9.88. The Morgan fingerprint density at radius 2 is 2.05 bits per heavy atom. The number of carbonyl (C=O) groups excluding carboxylic acids is 1. The van der Waals surface area contributed by atoms with Crippen LogP contribution in [-0.4, -0.2) is 39.1 Å². The minimum Gasteiger partial charge on any atom is -0.336 e. The van der Waals surface area contributed by atoms with Gasteiger partial charge in [-0.1, -0.05) is 18.2 Å². The molecule has 0 radical (unpaired) electrons. The molecule has 1 heterocycles. The molecule has 5 heteroatoms. The zero-order valence-electron chi connectivity index (χ0n) is 12.4. The molecule has 2 rings (SSSR count). The first-order chi connectivity index (χ1) is 10.1. The number of carbonyl (C=O) groups is 1. The van der Waals surface area contributed by atoms with E-state index in [0.717, 1.165) is 12.1 Å². The Labute approximate surface area is 130 Å². The predicted octanol–water partition coefficient (Wildman–Crippen LogP) is 3.35. The third-order valence-corrected chi connectivity index (χ3v) is 3.53. The topological polar surface area (TPSA) is 38.1 Å². The fraction of sp³-hybridized carbons (Fsp3) is 0.375. The first-order valence-electron chi connectivity index (χ1n) is 7.10. The molecule has 0 unspecified atom stereocenters. The highest BCUT2D eigenvalue weighted by Crippen LogP contribution is 2.12. The Kier molecular flexibility index (Phi) is 5.39. The number of alkyl halides is 1. The van der Waals surface area contributed by atoms with Crippen LogP contribution in [0, 0.1) is 0 Å². The number of hydrogen-bond donors (Lipinski definition) is 0. The molecule has 0 saturated heterocycles. The van der Waals surface area contributed by atoms with E-state index in [2.05, 4.69) is 5.10 Å². The van der Waals surface area contributed by atoms with Gasteiger partial charge < -0.3 is 4.90 Å². The van der Waals surface area contributed by atoms with E-state index in [-0.39, 0.29) is 11.9 Å². The van der Waals surface area contributed by atoms with Gasteiger partial charge in [-0.15, -0.1) is 11.6 Å². The van der Waals surface area contributed by atoms with Crippen molar-refractivity contribution < 1.29 is 4.79 Å². The lowest BCUT2D eigenvalue weighted by Gasteiger charge is -2.25. The van der Waals surface area contributed by atoms with Crippen LogP contribution in [0.25, 0.3) is 5.69 Å². The highest BCUT2D eigenvalue weighted by molar-refractivity contribution is 6.17. The van der Waals surface area contributed by atoms with E-state index in [1.54, 1.807) is 17.1 Å². The number of nitrogens with zero attached hydrogens (tertiary/aromatic N) is 3. The Morgan fingerprint density at radius 3 is 2.67 bits per heavy atom. The Balaban J connectivity index is 2.17. The van der Waals surface area contributed by atoms with Gasteiger partial charge in [0.05, 0.1) is 17.4 Å². The van der Waals surface area contributed by atoms with Crippen LogP contribution in [0.5, 0.6) is 0 Å². The van der Waals surface area contributed by atoms with Crippen LogP contribution in [0.15, 0.2) is 42.7 Å². The van der Waals surface area contributed by atoms with Crippen molar-refractivity contribution in [2.45, 2.75) is 26.3 Å². The second-order valence-electron chi connectivity index (χ2n) is 5.14. The highest BCUT2D eigenvalue weighted by atomic mass is 35.5. The summed E-state index contributed by atoms with van der Waals surface area (Å²) in [5, 5.41) is 4.27. The van der Waals surface area contributed by atoms with Gasteiger partial charge in [-0.3, -0.25) is 4.79 Å². The third-order valence-electron chi connectivity index (χ3n) is 3.27. The van der Waals surface area contributed by atoms with Gasteiger partial charge in [0.1, 0.15) is 0 Å². The SMILES string of the molecule is CC(C)N(CCCCl)C(=O)c1cnn(-c2ccccc2)c1. The van der Waals surface area contributed by atoms with Crippen LogP contribution in [0.1, 0.15) is 30.6 Å². The Bertz CT molecular complexity index is 580. The highest BCUT2D eigenvalue weighted by Gasteiger charge is 2.19. The Morgan fingerprint density at radius 1 is 1.33 bits per heavy atom. The van der Waals surface area contributed by atoms with Crippen molar-refractivity contribution in [1.82, 2.24) is 14.7 Å². The van der Waals surface area contributed by atoms with Crippen LogP contribution < -0.4 is 0 Å². The van der Waals surface area contributed by atoms with Crippen LogP contribution in [0.4, 0.5) is 0 Å². The lowest BCUT2D eigenvalue weighted by atomic mass is 10.2. The van der Waals surface area contributed by atoms with Gasteiger partial charge in [0.2, 0.25) is 0 Å². The van der Waals surface area contributed by atoms with E-state index < -0.39 is 0 Å². The van der Waals surface area contributed by atoms with Crippen LogP contribution in [-0.2, 0) is 0 Å². The normalized spacial score (nSPS) is 10.9. The monoisotopic (exact) mass is 305 g/mol. The molecule has 2 aromatic rings. The van der Waals surface area contributed by atoms with Gasteiger partial charge in [-0.05, 0) is 32.4 Å². The molecule has 0 saturated carbocycles. The maximum absolute atomic E-state index is 12.6. The quantitative estimate of drug-likeness (QED) is 0.768. The number of hydrogen-bond acceptors (Lipinski definition) is 2. The zero-order valence-corrected chi connectivity index (χ0v) is 13.1. The molecule has 0 aliphatic rings. The molecule has 1 aromatic carbocycles. The smallest absolute Gasteiger partial charge is 0.257 e. The van der Waals surface area contributed by atoms with Crippen molar-refractivity contribution in [2.75, 3.05) is 12.4 Å². The van der Waals surface area contributed by atoms with Crippen molar-refractivity contribution in [3.05, 3.63) is 48.3 Å². The van der Waals surface area contributed by atoms with Gasteiger partial charge in [0, 0.05) is 24.7 Å². The molecule has 0 bridgehead atoms. The number of benzene rings is 1. The van der Waals surface area contributed by atoms with Gasteiger partial charge >= 0.3 is 0 Å². The summed E-state index contributed by atoms with van der Waals surface area (Å²) >= 11 is 5.73. The summed E-state index contributed by atoms with van der Waals surface area (Å²) in [7, 11) is 0. The van der Waals surface area contributed by atoms with E-state index in [0.29, 0.717) is 18.0 Å². The van der Waals surface area contributed by atoms with E-state index >= 15 is 0 Å². The van der Waals surface area contributed by atoms with Crippen LogP contribution in [0.3, 0.4) is 0 Å². The largest absolute Gasteiger partial charge is 0.336 e. The summed E-state index contributed by atoms with van der Waals surface area (Å²) in [4.78, 5) is 14.4. The van der Waals surface area contributed by atoms with Crippen LogP contribution >= 0.6 is 11.6 Å². The predicted molar refractivity (Wildman–Crippen MR) is 85.1 cm³/mol. The molecule has 0 aliphatic carbocycles. The van der Waals surface area contributed by atoms with Crippen molar-refractivity contribution in [3.63, 3.8) is 0 Å². The number of para-hydroxylation sites is 1. The van der Waals surface area contributed by atoms with E-state index in [1.807, 2.05) is 49.1 Å². The lowest BCUT2D eigenvalue weighted by molar-refractivity contribution is 0.0706. The van der Waals surface area contributed by atoms with Crippen molar-refractivity contribution in [1.29, 1.82) is 0 Å². The molecule has 0 N–H and O–H groups in total. The summed E-state index contributed by atoms with van der Waals surface area (Å²) < 4.78 is 1.72. The molecular formula is C16H20ClN3O. The second-order valence-corrected chi connectivity index (χ2v) is 5.52. The maximum atomic E-state index is 12.6. The second kappa shape index (κ2) is 7.27. The fourth-order valence-corrected chi connectivity index (χ4v) is 2.26. The van der Waals surface area contributed by atoms with Gasteiger partial charge in [-0.25, -0.2) is 4.68 Å². The average molecular weight is 306 g/mol. The first-order valence-corrected chi connectivity index (χ1v) is 7.64. The molecule has 21 heavy (non-hydrogen) atoms. The third kappa shape index (κ3) is 3.85. The molecule has 1 amide bonds. The minimum atomic E-state index is -0.00250. The van der Waals surface area contributed by atoms with Crippen molar-refractivity contribution in [2.24, 2.45) is 0 Å². The zero-order chi connectivity index (χ0) is 15.2. The molecule has 1 aromatic heterocycles. The number of halogens is 1. The Hall–Kier alpha value is -1.81. The number of rotatable bonds is 6. The van der Waals surface area contributed by atoms with E-state index in [1.165, 1.54) is 0 Å². The molecule has 112 valence electrons. The molecule has 4 nitrogen and oxygen atoms in total. The van der Waals surface area contributed by atoms with Gasteiger partial charge in [-0.2, -0.15) is 5.10 Å². The standard InChI is InChI=1S/C16H20ClN3O/c1-13(2)19(10-6-9-17)16(21)14-11-18-20(12-14)15-7-4-3-5-8-15/h3-5,7-8,11-13H,6,9-10H2,1-2H3. The fourth-order valence-electron chi connectivity index (χ4n) is 2.15. The van der Waals surface area contributed by atoms with Gasteiger partial charge in [0.15, 0.2) is 0 Å². The number of aromatic nitrogens is 2. The minimum absolute atomic E-state index is 0.00250. The van der Waals surface area contributed by atoms with Gasteiger partial charge in [0.25, 0.3) is 5.91 Å². The molecule has 0 fully saturated rings. The number of amides is 1. The maximum Gasteiger partial charge on any atom is 0.257 e. The summed E-state index contributed by atoms with van der Waals surface area (Å²) in [5.41, 5.74) is 1.54. The van der Waals surface area contributed by atoms with Crippen molar-refractivity contribution >= 4 is 17.5 Å². The first kappa shape index (κ1) is 15.6. The summed E-state index contributed by atoms with van der Waals surface area (Å²) in [6.07, 6.45) is 4.18. The molecule has 0 atom stereocenters. The molecular weight excluding hydrogens is 286 g/mol. The average Bonchev–Trinajstić information content (AvgIpc) is 2.98. The van der Waals surface area contributed by atoms with Crippen molar-refractivity contribution in [3.8, 4) is 5.69 Å². The summed E-state index contributed by atoms with van der Waals surface area (Å²) in [6.45, 7) is 4.68. The summed E-state index contributed by atoms with van der Waals surface area (Å²) in [5.74, 6) is 0.553. The van der Waals surface area contributed by atoms with Crippen LogP contribution in [0.2, 0.25) is 0 Å². The van der Waals surface area contributed by atoms with E-state index in [9.17, 15) is 4.79 Å². The lowest BCUT2D eigenvalue weighted by Crippen LogP contribution is -2.37.